The van der Waals surface area contributed by atoms with E-state index in [-0.39, 0.29) is 17.3 Å². The second-order valence-corrected chi connectivity index (χ2v) is 9.38. The number of hydrogen-bond donors (Lipinski definition) is 1. The smallest absolute Gasteiger partial charge is 0.264 e. The normalized spacial score (nSPS) is 11.0. The Morgan fingerprint density at radius 1 is 0.941 bits per heavy atom. The van der Waals surface area contributed by atoms with Crippen LogP contribution in [0.5, 0.6) is 11.5 Å². The molecule has 0 aliphatic heterocycles. The molecule has 0 bridgehead atoms. The first-order chi connectivity index (χ1) is 16.5. The summed E-state index contributed by atoms with van der Waals surface area (Å²) < 4.78 is 38.6. The molecule has 0 spiro atoms. The summed E-state index contributed by atoms with van der Waals surface area (Å²) in [5, 5.41) is 2.84. The summed E-state index contributed by atoms with van der Waals surface area (Å²) in [5.74, 6) is 1.06. The van der Waals surface area contributed by atoms with Crippen LogP contribution in [-0.4, -0.2) is 41.1 Å². The molecule has 180 valence electrons. The number of amides is 1. The number of ether oxygens (including phenoxy) is 2. The highest BCUT2D eigenvalue weighted by Gasteiger charge is 2.27. The molecule has 0 unspecified atom stereocenters. The average molecular weight is 483 g/mol. The summed E-state index contributed by atoms with van der Waals surface area (Å²) in [6, 6.07) is 22.5. The lowest BCUT2D eigenvalue weighted by Gasteiger charge is -2.24. The third-order valence-corrected chi connectivity index (χ3v) is 6.98. The fourth-order valence-corrected chi connectivity index (χ4v) is 4.92. The molecule has 3 aromatic carbocycles. The molecule has 1 amide bonds. The van der Waals surface area contributed by atoms with Crippen molar-refractivity contribution >= 4 is 21.6 Å². The van der Waals surface area contributed by atoms with Gasteiger partial charge in [-0.15, -0.1) is 0 Å². The van der Waals surface area contributed by atoms with Crippen molar-refractivity contribution in [2.75, 3.05) is 31.1 Å². The Kier molecular flexibility index (Phi) is 8.93. The van der Waals surface area contributed by atoms with Crippen LogP contribution in [0.25, 0.3) is 0 Å². The molecule has 0 aliphatic rings. The molecule has 0 radical (unpaired) electrons. The van der Waals surface area contributed by atoms with E-state index in [1.165, 1.54) is 19.2 Å². The molecule has 0 fully saturated rings. The SMILES string of the molecule is CCOc1ccccc1CCCNC(=O)CN(c1ccc(OC)cc1)S(=O)(=O)c1ccccc1. The van der Waals surface area contributed by atoms with Crippen LogP contribution in [0.3, 0.4) is 0 Å². The predicted octanol–water partition coefficient (Wildman–Crippen LogP) is 4.04. The molecule has 7 nitrogen and oxygen atoms in total. The molecule has 3 aromatic rings. The minimum Gasteiger partial charge on any atom is -0.497 e. The molecule has 1 N–H and O–H groups in total. The second kappa shape index (κ2) is 12.1. The van der Waals surface area contributed by atoms with Crippen LogP contribution in [0.4, 0.5) is 5.69 Å². The molecule has 34 heavy (non-hydrogen) atoms. The van der Waals surface area contributed by atoms with Crippen LogP contribution in [0.1, 0.15) is 18.9 Å². The Hall–Kier alpha value is -3.52. The van der Waals surface area contributed by atoms with E-state index >= 15 is 0 Å². The fourth-order valence-electron chi connectivity index (χ4n) is 3.48. The molecular formula is C26H30N2O5S. The van der Waals surface area contributed by atoms with Crippen molar-refractivity contribution < 1.29 is 22.7 Å². The first kappa shape index (κ1) is 25.1. The van der Waals surface area contributed by atoms with Gasteiger partial charge >= 0.3 is 0 Å². The molecule has 0 aliphatic carbocycles. The predicted molar refractivity (Wildman–Crippen MR) is 133 cm³/mol. The first-order valence-corrected chi connectivity index (χ1v) is 12.6. The summed E-state index contributed by atoms with van der Waals surface area (Å²) in [7, 11) is -2.40. The number of rotatable bonds is 12. The lowest BCUT2D eigenvalue weighted by molar-refractivity contribution is -0.119. The minimum absolute atomic E-state index is 0.117. The number of carbonyl (C=O) groups excluding carboxylic acids is 1. The third-order valence-electron chi connectivity index (χ3n) is 5.20. The van der Waals surface area contributed by atoms with Crippen LogP contribution >= 0.6 is 0 Å². The largest absolute Gasteiger partial charge is 0.497 e. The topological polar surface area (TPSA) is 84.9 Å². The number of benzene rings is 3. The van der Waals surface area contributed by atoms with Crippen molar-refractivity contribution in [3.05, 3.63) is 84.4 Å². The number of methoxy groups -OCH3 is 1. The van der Waals surface area contributed by atoms with Crippen molar-refractivity contribution in [3.8, 4) is 11.5 Å². The van der Waals surface area contributed by atoms with Crippen LogP contribution in [-0.2, 0) is 21.2 Å². The maximum Gasteiger partial charge on any atom is 0.264 e. The van der Waals surface area contributed by atoms with Gasteiger partial charge in [0, 0.05) is 6.54 Å². The average Bonchev–Trinajstić information content (AvgIpc) is 2.87. The van der Waals surface area contributed by atoms with Gasteiger partial charge in [-0.1, -0.05) is 36.4 Å². The van der Waals surface area contributed by atoms with Crippen molar-refractivity contribution in [1.82, 2.24) is 5.32 Å². The Bertz CT molecular complexity index is 1170. The molecule has 3 rings (SSSR count). The van der Waals surface area contributed by atoms with Gasteiger partial charge in [-0.3, -0.25) is 9.10 Å². The molecule has 0 heterocycles. The molecular weight excluding hydrogens is 452 g/mol. The quantitative estimate of drug-likeness (QED) is 0.394. The summed E-state index contributed by atoms with van der Waals surface area (Å²) in [6.45, 7) is 2.61. The van der Waals surface area contributed by atoms with Crippen molar-refractivity contribution in [1.29, 1.82) is 0 Å². The van der Waals surface area contributed by atoms with E-state index < -0.39 is 10.0 Å². The number of para-hydroxylation sites is 1. The zero-order chi connectivity index (χ0) is 24.4. The van der Waals surface area contributed by atoms with E-state index in [1.54, 1.807) is 42.5 Å². The molecule has 0 aromatic heterocycles. The van der Waals surface area contributed by atoms with Crippen molar-refractivity contribution in [2.24, 2.45) is 0 Å². The Labute approximate surface area is 201 Å². The summed E-state index contributed by atoms with van der Waals surface area (Å²) in [6.07, 6.45) is 1.44. The summed E-state index contributed by atoms with van der Waals surface area (Å²) in [5.41, 5.74) is 1.45. The Morgan fingerprint density at radius 3 is 2.29 bits per heavy atom. The highest BCUT2D eigenvalue weighted by atomic mass is 32.2. The van der Waals surface area contributed by atoms with Gasteiger partial charge in [0.1, 0.15) is 18.0 Å². The Balaban J connectivity index is 1.68. The first-order valence-electron chi connectivity index (χ1n) is 11.1. The van der Waals surface area contributed by atoms with E-state index in [0.717, 1.165) is 22.0 Å². The lowest BCUT2D eigenvalue weighted by Crippen LogP contribution is -2.41. The van der Waals surface area contributed by atoms with Gasteiger partial charge in [-0.25, -0.2) is 8.42 Å². The monoisotopic (exact) mass is 482 g/mol. The standard InChI is InChI=1S/C26H30N2O5S/c1-3-33-25-14-8-7-10-21(25)11-9-19-27-26(29)20-28(22-15-17-23(32-2)18-16-22)34(30,31)24-12-5-4-6-13-24/h4-8,10,12-18H,3,9,11,19-20H2,1-2H3,(H,27,29). The van der Waals surface area contributed by atoms with E-state index in [0.29, 0.717) is 31.0 Å². The van der Waals surface area contributed by atoms with Crippen LogP contribution in [0, 0.1) is 0 Å². The van der Waals surface area contributed by atoms with E-state index in [4.69, 9.17) is 9.47 Å². The maximum atomic E-state index is 13.3. The highest BCUT2D eigenvalue weighted by molar-refractivity contribution is 7.92. The van der Waals surface area contributed by atoms with Gasteiger partial charge in [-0.05, 0) is 67.8 Å². The lowest BCUT2D eigenvalue weighted by atomic mass is 10.1. The van der Waals surface area contributed by atoms with Gasteiger partial charge in [0.05, 0.1) is 24.3 Å². The number of nitrogens with one attached hydrogen (secondary N) is 1. The third kappa shape index (κ3) is 6.51. The van der Waals surface area contributed by atoms with Crippen LogP contribution in [0.15, 0.2) is 83.8 Å². The number of anilines is 1. The summed E-state index contributed by atoms with van der Waals surface area (Å²) >= 11 is 0. The van der Waals surface area contributed by atoms with Gasteiger partial charge < -0.3 is 14.8 Å². The number of sulfonamides is 1. The van der Waals surface area contributed by atoms with Gasteiger partial charge in [0.2, 0.25) is 5.91 Å². The molecule has 0 saturated carbocycles. The van der Waals surface area contributed by atoms with E-state index in [1.807, 2.05) is 31.2 Å². The van der Waals surface area contributed by atoms with Gasteiger partial charge in [0.25, 0.3) is 10.0 Å². The molecule has 0 atom stereocenters. The number of aryl methyl sites for hydroxylation is 1. The second-order valence-electron chi connectivity index (χ2n) is 7.52. The van der Waals surface area contributed by atoms with Gasteiger partial charge in [-0.2, -0.15) is 0 Å². The zero-order valence-electron chi connectivity index (χ0n) is 19.4. The highest BCUT2D eigenvalue weighted by Crippen LogP contribution is 2.25. The maximum absolute atomic E-state index is 13.3. The van der Waals surface area contributed by atoms with Crippen LogP contribution in [0.2, 0.25) is 0 Å². The zero-order valence-corrected chi connectivity index (χ0v) is 20.3. The minimum atomic E-state index is -3.94. The number of hydrogen-bond acceptors (Lipinski definition) is 5. The molecule has 8 heteroatoms. The van der Waals surface area contributed by atoms with Crippen molar-refractivity contribution in [2.45, 2.75) is 24.7 Å². The number of carbonyl (C=O) groups is 1. The number of nitrogens with zero attached hydrogens (tertiary/aromatic N) is 1. The fraction of sp³-hybridized carbons (Fsp3) is 0.269. The van der Waals surface area contributed by atoms with Crippen LogP contribution < -0.4 is 19.1 Å². The van der Waals surface area contributed by atoms with Gasteiger partial charge in [0.15, 0.2) is 0 Å². The summed E-state index contributed by atoms with van der Waals surface area (Å²) in [4.78, 5) is 12.9. The molecule has 0 saturated heterocycles. The van der Waals surface area contributed by atoms with E-state index in [9.17, 15) is 13.2 Å². The Morgan fingerprint density at radius 2 is 1.62 bits per heavy atom. The van der Waals surface area contributed by atoms with Crippen molar-refractivity contribution in [3.63, 3.8) is 0 Å². The van der Waals surface area contributed by atoms with E-state index in [2.05, 4.69) is 5.32 Å².